The van der Waals surface area contributed by atoms with Gasteiger partial charge < -0.3 is 5.73 Å². The lowest BCUT2D eigenvalue weighted by Crippen LogP contribution is -1.99. The predicted octanol–water partition coefficient (Wildman–Crippen LogP) is 6.43. The minimum Gasteiger partial charge on any atom is -0.318 e. The number of hydrogen-bond acceptors (Lipinski definition) is 5. The van der Waals surface area contributed by atoms with Crippen molar-refractivity contribution in [1.29, 1.82) is 15.9 Å². The fourth-order valence-corrected chi connectivity index (χ4v) is 2.30. The largest absolute Gasteiger partial charge is 0.318 e. The van der Waals surface area contributed by atoms with Crippen molar-refractivity contribution < 1.29 is 0 Å². The summed E-state index contributed by atoms with van der Waals surface area (Å²) in [7, 11) is 0. The van der Waals surface area contributed by atoms with Gasteiger partial charge in [-0.2, -0.15) is 10.5 Å². The van der Waals surface area contributed by atoms with Crippen LogP contribution >= 0.6 is 35.6 Å². The van der Waals surface area contributed by atoms with E-state index in [9.17, 15) is 0 Å². The lowest BCUT2D eigenvalue weighted by Gasteiger charge is -2.02. The summed E-state index contributed by atoms with van der Waals surface area (Å²) in [6.45, 7) is 2.27. The van der Waals surface area contributed by atoms with Crippen LogP contribution < -0.4 is 5.73 Å². The van der Waals surface area contributed by atoms with Crippen LogP contribution in [0.15, 0.2) is 96.0 Å². The van der Waals surface area contributed by atoms with Crippen LogP contribution in [0.2, 0.25) is 0 Å². The Balaban J connectivity index is 0. The Bertz CT molecular complexity index is 972. The van der Waals surface area contributed by atoms with Crippen LogP contribution in [-0.2, 0) is 0 Å². The average molecular weight is 517 g/mol. The third kappa shape index (κ3) is 15.6. The molecule has 8 heteroatoms. The van der Waals surface area contributed by atoms with Gasteiger partial charge in [-0.25, -0.2) is 0 Å². The Labute approximate surface area is 218 Å². The molecule has 0 saturated heterocycles. The summed E-state index contributed by atoms with van der Waals surface area (Å²) in [5.74, 6) is 0. The minimum absolute atomic E-state index is 0. The third-order valence-corrected chi connectivity index (χ3v) is 3.79. The molecule has 3 N–H and O–H groups in total. The van der Waals surface area contributed by atoms with Gasteiger partial charge in [-0.05, 0) is 23.6 Å². The highest BCUT2D eigenvalue weighted by molar-refractivity contribution is 6.40. The van der Waals surface area contributed by atoms with Gasteiger partial charge in [-0.15, -0.1) is 35.6 Å². The Morgan fingerprint density at radius 2 is 1.12 bits per heavy atom. The van der Waals surface area contributed by atoms with Crippen molar-refractivity contribution in [3.63, 3.8) is 0 Å². The van der Waals surface area contributed by atoms with E-state index in [4.69, 9.17) is 39.1 Å². The summed E-state index contributed by atoms with van der Waals surface area (Å²) < 4.78 is 0. The highest BCUT2D eigenvalue weighted by Crippen LogP contribution is 2.08. The van der Waals surface area contributed by atoms with Crippen molar-refractivity contribution in [3.05, 3.63) is 108 Å². The van der Waals surface area contributed by atoms with Gasteiger partial charge in [0.25, 0.3) is 0 Å². The van der Waals surface area contributed by atoms with E-state index in [-0.39, 0.29) is 30.8 Å². The van der Waals surface area contributed by atoms with Crippen LogP contribution in [0.5, 0.6) is 0 Å². The Hall–Kier alpha value is -3.19. The van der Waals surface area contributed by atoms with Gasteiger partial charge in [0.2, 0.25) is 0 Å². The fraction of sp³-hybridized carbons (Fsp3) is 0.154. The predicted molar refractivity (Wildman–Crippen MR) is 146 cm³/mol. The van der Waals surface area contributed by atoms with Gasteiger partial charge >= 0.3 is 0 Å². The molecule has 0 aliphatic carbocycles. The summed E-state index contributed by atoms with van der Waals surface area (Å²) in [6.07, 6.45) is 0. The van der Waals surface area contributed by atoms with E-state index in [1.165, 1.54) is 0 Å². The second kappa shape index (κ2) is 23.0. The first-order valence-electron chi connectivity index (χ1n) is 9.87. The van der Waals surface area contributed by atoms with E-state index in [1.807, 2.05) is 104 Å². The van der Waals surface area contributed by atoms with E-state index >= 15 is 0 Å². The van der Waals surface area contributed by atoms with Crippen LogP contribution in [0.1, 0.15) is 23.6 Å². The van der Waals surface area contributed by atoms with Gasteiger partial charge in [0.1, 0.15) is 6.54 Å². The number of halogens is 3. The molecule has 3 rings (SSSR count). The first-order chi connectivity index (χ1) is 16.0. The highest BCUT2D eigenvalue weighted by atomic mass is 35.5. The normalized spacial score (nSPS) is 8.94. The Morgan fingerprint density at radius 3 is 1.41 bits per heavy atom. The van der Waals surface area contributed by atoms with Gasteiger partial charge in [-0.1, -0.05) is 91.0 Å². The highest BCUT2D eigenvalue weighted by Gasteiger charge is 2.01. The number of benzene rings is 3. The molecule has 3 aromatic carbocycles. The molecule has 3 aromatic rings. The summed E-state index contributed by atoms with van der Waals surface area (Å²) in [6, 6.07) is 33.1. The maximum absolute atomic E-state index is 8.30. The zero-order valence-corrected chi connectivity index (χ0v) is 21.2. The summed E-state index contributed by atoms with van der Waals surface area (Å²) in [5.41, 5.74) is 9.15. The zero-order chi connectivity index (χ0) is 24.7. The first kappa shape index (κ1) is 33.0. The van der Waals surface area contributed by atoms with Gasteiger partial charge in [0, 0.05) is 5.71 Å². The first-order valence-corrected chi connectivity index (χ1v) is 10.9. The molecular weight excluding hydrogens is 489 g/mol. The number of rotatable bonds is 4. The van der Waals surface area contributed by atoms with Gasteiger partial charge in [-0.3, -0.25) is 10.4 Å². The third-order valence-electron chi connectivity index (χ3n) is 3.79. The second-order valence-corrected chi connectivity index (χ2v) is 6.80. The molecule has 178 valence electrons. The number of nitrogens with one attached hydrogen (secondary N) is 1. The van der Waals surface area contributed by atoms with Gasteiger partial charge in [0.05, 0.1) is 29.7 Å². The number of hydrogen-bond donors (Lipinski definition) is 2. The molecule has 0 saturated carbocycles. The van der Waals surface area contributed by atoms with E-state index < -0.39 is 0 Å². The fourth-order valence-electron chi connectivity index (χ4n) is 2.30. The van der Waals surface area contributed by atoms with E-state index in [0.717, 1.165) is 22.4 Å². The smallest absolute Gasteiger partial charge is 0.126 e. The summed E-state index contributed by atoms with van der Waals surface area (Å²) in [4.78, 5) is 4.07. The molecular formula is C26H28Cl3N5. The van der Waals surface area contributed by atoms with Crippen molar-refractivity contribution in [2.45, 2.75) is 6.92 Å². The molecule has 0 amide bonds. The molecule has 5 nitrogen and oxygen atoms in total. The van der Waals surface area contributed by atoms with Crippen LogP contribution in [0.25, 0.3) is 0 Å². The molecule has 0 unspecified atom stereocenters. The summed E-state index contributed by atoms with van der Waals surface area (Å²) in [5, 5.41) is 24.0. The van der Waals surface area contributed by atoms with Crippen molar-refractivity contribution in [2.24, 2.45) is 10.7 Å². The zero-order valence-electron chi connectivity index (χ0n) is 18.9. The molecule has 0 heterocycles. The number of nitriles is 2. The van der Waals surface area contributed by atoms with E-state index in [1.54, 1.807) is 6.07 Å². The molecule has 34 heavy (non-hydrogen) atoms. The molecule has 0 aliphatic rings. The second-order valence-electron chi connectivity index (χ2n) is 6.00. The van der Waals surface area contributed by atoms with E-state index in [2.05, 4.69) is 10.7 Å². The van der Waals surface area contributed by atoms with Crippen molar-refractivity contribution in [2.75, 3.05) is 18.4 Å². The molecule has 0 bridgehead atoms. The molecule has 0 radical (unpaired) electrons. The van der Waals surface area contributed by atoms with Gasteiger partial charge in [0.15, 0.2) is 0 Å². The van der Waals surface area contributed by atoms with Crippen LogP contribution in [0.3, 0.4) is 0 Å². The maximum atomic E-state index is 8.30. The summed E-state index contributed by atoms with van der Waals surface area (Å²) >= 11 is 9.53. The standard InChI is InChI=1S/C13H11N.C10H10N2.C2H4N2.CH2Cl2.ClH/c14-13(11-7-3-1-4-8-11)12-9-5-2-6-10-12;1-9(12-8-7-11)10-5-3-2-4-6-10;3-1-2-4;2-1-3;/h1-10,14H;2-6H,8H2,1H3;1,3H2;1H2;1H. The lowest BCUT2D eigenvalue weighted by molar-refractivity contribution is 1.23. The van der Waals surface area contributed by atoms with Crippen molar-refractivity contribution in [1.82, 2.24) is 0 Å². The van der Waals surface area contributed by atoms with E-state index in [0.29, 0.717) is 5.71 Å². The SMILES string of the molecule is CC(=NCC#N)c1ccccc1.Cl.ClCCl.N#CCN.N=C(c1ccccc1)c1ccccc1. The molecule has 0 fully saturated rings. The number of aliphatic imine (C=N–C) groups is 1. The number of nitrogens with zero attached hydrogens (tertiary/aromatic N) is 3. The van der Waals surface area contributed by atoms with Crippen LogP contribution in [0.4, 0.5) is 0 Å². The molecule has 0 spiro atoms. The molecule has 0 aliphatic heterocycles. The molecule has 0 atom stereocenters. The number of alkyl halides is 2. The van der Waals surface area contributed by atoms with Crippen molar-refractivity contribution in [3.8, 4) is 12.1 Å². The topological polar surface area (TPSA) is 110 Å². The average Bonchev–Trinajstić information content (AvgIpc) is 2.89. The monoisotopic (exact) mass is 515 g/mol. The molecule has 0 aromatic heterocycles. The van der Waals surface area contributed by atoms with Crippen molar-refractivity contribution >= 4 is 47.0 Å². The van der Waals surface area contributed by atoms with Crippen LogP contribution in [-0.4, -0.2) is 29.9 Å². The Kier molecular flexibility index (Phi) is 22.3. The van der Waals surface area contributed by atoms with Crippen LogP contribution in [0, 0.1) is 28.1 Å². The quantitative estimate of drug-likeness (QED) is 0.237. The lowest BCUT2D eigenvalue weighted by atomic mass is 10.0. The Morgan fingerprint density at radius 1 is 0.794 bits per heavy atom. The number of nitrogens with two attached hydrogens (primary N) is 1. The maximum Gasteiger partial charge on any atom is 0.126 e. The minimum atomic E-state index is 0.